The fourth-order valence-corrected chi connectivity index (χ4v) is 2.30. The fourth-order valence-electron chi connectivity index (χ4n) is 1.48. The van der Waals surface area contributed by atoms with Gasteiger partial charge in [-0.05, 0) is 33.4 Å². The lowest BCUT2D eigenvalue weighted by Gasteiger charge is -2.34. The van der Waals surface area contributed by atoms with E-state index in [0.29, 0.717) is 5.25 Å². The molecule has 10 heavy (non-hydrogen) atoms. The normalized spacial score (nSPS) is 41.1. The van der Waals surface area contributed by atoms with Crippen LogP contribution in [0.25, 0.3) is 0 Å². The van der Waals surface area contributed by atoms with Crippen LogP contribution in [0.3, 0.4) is 0 Å². The molecule has 2 atom stereocenters. The molecule has 1 aliphatic rings. The van der Waals surface area contributed by atoms with E-state index in [1.165, 1.54) is 12.8 Å². The van der Waals surface area contributed by atoms with Crippen LogP contribution in [0.2, 0.25) is 0 Å². The molecule has 1 fully saturated rings. The first kappa shape index (κ1) is 8.75. The Kier molecular flexibility index (Phi) is 2.59. The van der Waals surface area contributed by atoms with Crippen LogP contribution in [0.15, 0.2) is 0 Å². The molecule has 0 amide bonds. The van der Waals surface area contributed by atoms with E-state index in [1.807, 2.05) is 0 Å². The van der Waals surface area contributed by atoms with Crippen molar-refractivity contribution in [2.24, 2.45) is 0 Å². The molecule has 0 saturated heterocycles. The predicted molar refractivity (Wildman–Crippen MR) is 52.0 cm³/mol. The zero-order valence-corrected chi connectivity index (χ0v) is 8.33. The molecule has 0 N–H and O–H groups in total. The molecule has 1 rings (SSSR count). The number of nitrogens with zero attached hydrogens (tertiary/aromatic N) is 1. The van der Waals surface area contributed by atoms with Gasteiger partial charge in [0.1, 0.15) is 0 Å². The Hall–Kier alpha value is 0.660. The maximum absolute atomic E-state index is 4.62. The summed E-state index contributed by atoms with van der Waals surface area (Å²) in [4.78, 5) is 2.21. The Morgan fingerprint density at radius 3 is 2.30 bits per heavy atom. The van der Waals surface area contributed by atoms with Gasteiger partial charge >= 0.3 is 0 Å². The predicted octanol–water partition coefficient (Wildman–Crippen LogP) is 1.66. The van der Waals surface area contributed by atoms with Gasteiger partial charge < -0.3 is 0 Å². The lowest BCUT2D eigenvalue weighted by molar-refractivity contribution is 0.271. The topological polar surface area (TPSA) is 3.24 Å². The van der Waals surface area contributed by atoms with Crippen LogP contribution in [-0.4, -0.2) is 29.1 Å². The highest BCUT2D eigenvalue weighted by atomic mass is 32.1. The van der Waals surface area contributed by atoms with E-state index in [0.717, 1.165) is 6.42 Å². The number of hydrogen-bond donors (Lipinski definition) is 2. The summed E-state index contributed by atoms with van der Waals surface area (Å²) in [7, 11) is 4.14. The molecule has 0 heterocycles. The highest BCUT2D eigenvalue weighted by Gasteiger charge is 2.39. The fraction of sp³-hybridized carbons (Fsp3) is 1.00. The van der Waals surface area contributed by atoms with Crippen LogP contribution < -0.4 is 0 Å². The lowest BCUT2D eigenvalue weighted by atomic mass is 10.2. The maximum atomic E-state index is 4.62. The summed E-state index contributed by atoms with van der Waals surface area (Å²) in [5.41, 5.74) is 0. The third kappa shape index (κ3) is 1.31. The van der Waals surface area contributed by atoms with Crippen LogP contribution >= 0.6 is 25.3 Å². The molecule has 60 valence electrons. The quantitative estimate of drug-likeness (QED) is 0.455. The summed E-state index contributed by atoms with van der Waals surface area (Å²) in [6.07, 6.45) is 3.62. The van der Waals surface area contributed by atoms with Gasteiger partial charge in [-0.2, -0.15) is 25.3 Å². The minimum atomic E-state index is 0.0448. The summed E-state index contributed by atoms with van der Waals surface area (Å²) in [6, 6.07) is 0. The van der Waals surface area contributed by atoms with Crippen molar-refractivity contribution in [3.05, 3.63) is 0 Å². The van der Waals surface area contributed by atoms with Crippen LogP contribution in [0.5, 0.6) is 0 Å². The summed E-state index contributed by atoms with van der Waals surface area (Å²) < 4.78 is 0. The van der Waals surface area contributed by atoms with Gasteiger partial charge in [0.15, 0.2) is 0 Å². The van der Waals surface area contributed by atoms with Crippen molar-refractivity contribution >= 4 is 25.3 Å². The van der Waals surface area contributed by atoms with Crippen molar-refractivity contribution < 1.29 is 0 Å². The van der Waals surface area contributed by atoms with Crippen molar-refractivity contribution in [2.75, 3.05) is 14.1 Å². The summed E-state index contributed by atoms with van der Waals surface area (Å²) >= 11 is 9.11. The van der Waals surface area contributed by atoms with Crippen molar-refractivity contribution in [1.29, 1.82) is 0 Å². The molecule has 0 aromatic rings. The van der Waals surface area contributed by atoms with E-state index in [-0.39, 0.29) is 4.87 Å². The molecule has 0 radical (unpaired) electrons. The lowest BCUT2D eigenvalue weighted by Crippen LogP contribution is -2.42. The van der Waals surface area contributed by atoms with Crippen LogP contribution in [0.4, 0.5) is 0 Å². The molecular formula is C7H15NS2. The third-order valence-corrected chi connectivity index (χ3v) is 4.15. The smallest absolute Gasteiger partial charge is 0.0753 e. The number of rotatable bonds is 1. The second kappa shape index (κ2) is 2.95. The second-order valence-electron chi connectivity index (χ2n) is 3.18. The molecule has 3 heteroatoms. The molecule has 1 aliphatic carbocycles. The molecule has 0 bridgehead atoms. The van der Waals surface area contributed by atoms with Crippen LogP contribution in [0, 0.1) is 0 Å². The van der Waals surface area contributed by atoms with Crippen molar-refractivity contribution in [3.8, 4) is 0 Å². The average Bonchev–Trinajstić information content (AvgIpc) is 2.15. The first-order valence-electron chi connectivity index (χ1n) is 3.65. The van der Waals surface area contributed by atoms with Gasteiger partial charge in [-0.3, -0.25) is 4.90 Å². The van der Waals surface area contributed by atoms with Gasteiger partial charge in [0, 0.05) is 5.25 Å². The largest absolute Gasteiger partial charge is 0.294 e. The standard InChI is InChI=1S/C7H15NS2/c1-8(2)7(10)5-3-4-6(7)9/h6,9-10H,3-5H2,1-2H3. The van der Waals surface area contributed by atoms with E-state index in [9.17, 15) is 0 Å². The maximum Gasteiger partial charge on any atom is 0.0753 e. The molecule has 1 nitrogen and oxygen atoms in total. The Balaban J connectivity index is 2.66. The zero-order valence-electron chi connectivity index (χ0n) is 6.54. The summed E-state index contributed by atoms with van der Waals surface area (Å²) in [5, 5.41) is 0.436. The Labute approximate surface area is 74.0 Å². The molecule has 0 aliphatic heterocycles. The average molecular weight is 177 g/mol. The van der Waals surface area contributed by atoms with Crippen LogP contribution in [-0.2, 0) is 0 Å². The monoisotopic (exact) mass is 177 g/mol. The highest BCUT2D eigenvalue weighted by molar-refractivity contribution is 7.85. The summed E-state index contributed by atoms with van der Waals surface area (Å²) in [5.74, 6) is 0. The van der Waals surface area contributed by atoms with Gasteiger partial charge in [-0.15, -0.1) is 0 Å². The van der Waals surface area contributed by atoms with E-state index in [1.54, 1.807) is 0 Å². The minimum Gasteiger partial charge on any atom is -0.294 e. The highest BCUT2D eigenvalue weighted by Crippen LogP contribution is 2.40. The van der Waals surface area contributed by atoms with Gasteiger partial charge in [0.25, 0.3) is 0 Å². The molecule has 0 aromatic heterocycles. The van der Waals surface area contributed by atoms with Gasteiger partial charge in [-0.25, -0.2) is 0 Å². The minimum absolute atomic E-state index is 0.0448. The second-order valence-corrected chi connectivity index (χ2v) is 4.58. The summed E-state index contributed by atoms with van der Waals surface area (Å²) in [6.45, 7) is 0. The molecule has 0 spiro atoms. The Bertz CT molecular complexity index is 127. The first-order chi connectivity index (χ1) is 4.57. The van der Waals surface area contributed by atoms with Crippen molar-refractivity contribution in [3.63, 3.8) is 0 Å². The Morgan fingerprint density at radius 2 is 2.10 bits per heavy atom. The van der Waals surface area contributed by atoms with Gasteiger partial charge in [0.05, 0.1) is 4.87 Å². The van der Waals surface area contributed by atoms with Crippen LogP contribution in [0.1, 0.15) is 19.3 Å². The molecule has 2 unspecified atom stereocenters. The molecule has 1 saturated carbocycles. The van der Waals surface area contributed by atoms with Gasteiger partial charge in [-0.1, -0.05) is 0 Å². The van der Waals surface area contributed by atoms with Gasteiger partial charge in [0.2, 0.25) is 0 Å². The molecular weight excluding hydrogens is 162 g/mol. The van der Waals surface area contributed by atoms with Crippen molar-refractivity contribution in [1.82, 2.24) is 4.90 Å². The van der Waals surface area contributed by atoms with Crippen molar-refractivity contribution in [2.45, 2.75) is 29.4 Å². The zero-order chi connectivity index (χ0) is 7.78. The number of hydrogen-bond acceptors (Lipinski definition) is 3. The van der Waals surface area contributed by atoms with E-state index < -0.39 is 0 Å². The molecule has 0 aromatic carbocycles. The van der Waals surface area contributed by atoms with E-state index in [4.69, 9.17) is 0 Å². The third-order valence-electron chi connectivity index (χ3n) is 2.33. The van der Waals surface area contributed by atoms with E-state index in [2.05, 4.69) is 44.3 Å². The Morgan fingerprint density at radius 1 is 1.50 bits per heavy atom. The first-order valence-corrected chi connectivity index (χ1v) is 4.61. The SMILES string of the molecule is CN(C)C1(S)CCCC1S. The number of thiol groups is 2. The van der Waals surface area contributed by atoms with E-state index >= 15 is 0 Å².